The average molecular weight is 277 g/mol. The number of carbonyl (C=O) groups is 1. The molecule has 2 unspecified atom stereocenters. The zero-order valence-corrected chi connectivity index (χ0v) is 12.1. The van der Waals surface area contributed by atoms with Crippen molar-refractivity contribution in [3.8, 4) is 0 Å². The topological polar surface area (TPSA) is 58.6 Å². The fraction of sp³-hybridized carbons (Fsp3) is 0.562. The number of benzene rings is 1. The van der Waals surface area contributed by atoms with Crippen LogP contribution in [-0.4, -0.2) is 30.3 Å². The second-order valence-electron chi connectivity index (χ2n) is 5.37. The molecule has 1 aromatic rings. The number of methoxy groups -OCH3 is 1. The summed E-state index contributed by atoms with van der Waals surface area (Å²) in [6.07, 6.45) is 2.69. The van der Waals surface area contributed by atoms with Gasteiger partial charge in [0.2, 0.25) is 0 Å². The van der Waals surface area contributed by atoms with Crippen LogP contribution >= 0.6 is 0 Å². The van der Waals surface area contributed by atoms with Crippen molar-refractivity contribution >= 4 is 5.97 Å². The Bertz CT molecular complexity index is 440. The molecular weight excluding hydrogens is 254 g/mol. The number of aliphatic hydroxyl groups is 1. The SMILES string of the molecule is CCc1ccc(C(O)C(CC(=O)OC)NC2CC2)cc1. The molecule has 1 aromatic carbocycles. The molecule has 4 nitrogen and oxygen atoms in total. The number of aryl methyl sites for hydroxylation is 1. The first-order valence-corrected chi connectivity index (χ1v) is 7.23. The van der Waals surface area contributed by atoms with Crippen molar-refractivity contribution < 1.29 is 14.6 Å². The van der Waals surface area contributed by atoms with Crippen LogP contribution in [0.25, 0.3) is 0 Å². The number of aliphatic hydroxyl groups excluding tert-OH is 1. The van der Waals surface area contributed by atoms with Crippen LogP contribution in [0.2, 0.25) is 0 Å². The quantitative estimate of drug-likeness (QED) is 0.748. The Morgan fingerprint density at radius 2 is 2.05 bits per heavy atom. The predicted molar refractivity (Wildman–Crippen MR) is 77.4 cm³/mol. The summed E-state index contributed by atoms with van der Waals surface area (Å²) in [5.41, 5.74) is 2.07. The Morgan fingerprint density at radius 1 is 1.40 bits per heavy atom. The Hall–Kier alpha value is -1.39. The van der Waals surface area contributed by atoms with E-state index in [-0.39, 0.29) is 18.4 Å². The molecule has 20 heavy (non-hydrogen) atoms. The van der Waals surface area contributed by atoms with E-state index in [2.05, 4.69) is 12.2 Å². The molecular formula is C16H23NO3. The minimum absolute atomic E-state index is 0.184. The monoisotopic (exact) mass is 277 g/mol. The number of hydrogen-bond acceptors (Lipinski definition) is 4. The van der Waals surface area contributed by atoms with Gasteiger partial charge in [-0.3, -0.25) is 4.79 Å². The molecule has 4 heteroatoms. The maximum Gasteiger partial charge on any atom is 0.307 e. The van der Waals surface area contributed by atoms with Gasteiger partial charge in [-0.15, -0.1) is 0 Å². The van der Waals surface area contributed by atoms with Gasteiger partial charge in [-0.25, -0.2) is 0 Å². The summed E-state index contributed by atoms with van der Waals surface area (Å²) in [4.78, 5) is 11.5. The fourth-order valence-electron chi connectivity index (χ4n) is 2.26. The average Bonchev–Trinajstić information content (AvgIpc) is 3.29. The van der Waals surface area contributed by atoms with Gasteiger partial charge in [0.05, 0.1) is 19.6 Å². The summed E-state index contributed by atoms with van der Waals surface area (Å²) < 4.78 is 4.72. The van der Waals surface area contributed by atoms with Crippen molar-refractivity contribution in [3.05, 3.63) is 35.4 Å². The number of nitrogens with one attached hydrogen (secondary N) is 1. The first-order valence-electron chi connectivity index (χ1n) is 7.23. The van der Waals surface area contributed by atoms with Gasteiger partial charge in [-0.1, -0.05) is 31.2 Å². The molecule has 1 aliphatic rings. The van der Waals surface area contributed by atoms with Gasteiger partial charge in [-0.05, 0) is 30.4 Å². The molecule has 0 heterocycles. The molecule has 0 aromatic heterocycles. The third kappa shape index (κ3) is 4.05. The second-order valence-corrected chi connectivity index (χ2v) is 5.37. The van der Waals surface area contributed by atoms with E-state index in [4.69, 9.17) is 4.74 Å². The van der Waals surface area contributed by atoms with E-state index in [0.29, 0.717) is 6.04 Å². The maximum absolute atomic E-state index is 11.5. The van der Waals surface area contributed by atoms with Crippen LogP contribution in [0, 0.1) is 0 Å². The Labute approximate surface area is 120 Å². The van der Waals surface area contributed by atoms with E-state index < -0.39 is 6.10 Å². The van der Waals surface area contributed by atoms with Gasteiger partial charge in [0.25, 0.3) is 0 Å². The molecule has 0 amide bonds. The van der Waals surface area contributed by atoms with Crippen molar-refractivity contribution in [1.29, 1.82) is 0 Å². The minimum atomic E-state index is -0.694. The van der Waals surface area contributed by atoms with Gasteiger partial charge >= 0.3 is 5.97 Å². The van der Waals surface area contributed by atoms with Crippen LogP contribution in [0.15, 0.2) is 24.3 Å². The highest BCUT2D eigenvalue weighted by Gasteiger charge is 2.30. The highest BCUT2D eigenvalue weighted by molar-refractivity contribution is 5.70. The molecule has 110 valence electrons. The van der Waals surface area contributed by atoms with E-state index in [1.165, 1.54) is 12.7 Å². The molecule has 0 spiro atoms. The van der Waals surface area contributed by atoms with E-state index in [9.17, 15) is 9.90 Å². The Balaban J connectivity index is 2.06. The highest BCUT2D eigenvalue weighted by Crippen LogP contribution is 2.26. The van der Waals surface area contributed by atoms with E-state index in [1.807, 2.05) is 24.3 Å². The smallest absolute Gasteiger partial charge is 0.307 e. The molecule has 1 saturated carbocycles. The molecule has 0 saturated heterocycles. The molecule has 2 N–H and O–H groups in total. The third-order valence-corrected chi connectivity index (χ3v) is 3.75. The Kier molecular flexibility index (Phi) is 5.15. The van der Waals surface area contributed by atoms with Gasteiger partial charge in [0.1, 0.15) is 0 Å². The molecule has 0 bridgehead atoms. The zero-order valence-electron chi connectivity index (χ0n) is 12.1. The first kappa shape index (κ1) is 15.0. The highest BCUT2D eigenvalue weighted by atomic mass is 16.5. The lowest BCUT2D eigenvalue weighted by Gasteiger charge is -2.24. The third-order valence-electron chi connectivity index (χ3n) is 3.75. The molecule has 1 aliphatic carbocycles. The largest absolute Gasteiger partial charge is 0.469 e. The number of esters is 1. The summed E-state index contributed by atoms with van der Waals surface area (Å²) in [5.74, 6) is -0.299. The van der Waals surface area contributed by atoms with Crippen LogP contribution in [0.4, 0.5) is 0 Å². The second kappa shape index (κ2) is 6.86. The van der Waals surface area contributed by atoms with Gasteiger partial charge in [-0.2, -0.15) is 0 Å². The van der Waals surface area contributed by atoms with Gasteiger partial charge in [0.15, 0.2) is 0 Å². The fourth-order valence-corrected chi connectivity index (χ4v) is 2.26. The molecule has 0 radical (unpaired) electrons. The number of hydrogen-bond donors (Lipinski definition) is 2. The maximum atomic E-state index is 11.5. The summed E-state index contributed by atoms with van der Waals surface area (Å²) >= 11 is 0. The normalized spacial score (nSPS) is 17.6. The number of carbonyl (C=O) groups excluding carboxylic acids is 1. The van der Waals surface area contributed by atoms with E-state index in [1.54, 1.807) is 0 Å². The van der Waals surface area contributed by atoms with Crippen molar-refractivity contribution in [2.24, 2.45) is 0 Å². The lowest BCUT2D eigenvalue weighted by Crippen LogP contribution is -2.38. The van der Waals surface area contributed by atoms with Crippen LogP contribution in [0.1, 0.15) is 43.4 Å². The minimum Gasteiger partial charge on any atom is -0.469 e. The van der Waals surface area contributed by atoms with Crippen molar-refractivity contribution in [2.45, 2.75) is 50.8 Å². The zero-order chi connectivity index (χ0) is 14.5. The van der Waals surface area contributed by atoms with E-state index in [0.717, 1.165) is 24.8 Å². The predicted octanol–water partition coefficient (Wildman–Crippen LogP) is 1.97. The summed E-state index contributed by atoms with van der Waals surface area (Å²) in [6.45, 7) is 2.10. The summed E-state index contributed by atoms with van der Waals surface area (Å²) in [6, 6.07) is 8.04. The molecule has 2 atom stereocenters. The van der Waals surface area contributed by atoms with Gasteiger partial charge < -0.3 is 15.2 Å². The first-order chi connectivity index (χ1) is 9.63. The summed E-state index contributed by atoms with van der Waals surface area (Å²) in [7, 11) is 1.37. The van der Waals surface area contributed by atoms with Crippen molar-refractivity contribution in [1.82, 2.24) is 5.32 Å². The van der Waals surface area contributed by atoms with Crippen LogP contribution < -0.4 is 5.32 Å². The number of rotatable bonds is 7. The Morgan fingerprint density at radius 3 is 2.55 bits per heavy atom. The van der Waals surface area contributed by atoms with Crippen LogP contribution in [0.3, 0.4) is 0 Å². The molecule has 2 rings (SSSR count). The molecule has 1 fully saturated rings. The number of ether oxygens (including phenoxy) is 1. The standard InChI is InChI=1S/C16H23NO3/c1-3-11-4-6-12(7-5-11)16(19)14(10-15(18)20-2)17-13-8-9-13/h4-7,13-14,16-17,19H,3,8-10H2,1-2H3. The van der Waals surface area contributed by atoms with Crippen molar-refractivity contribution in [3.63, 3.8) is 0 Å². The summed E-state index contributed by atoms with van der Waals surface area (Å²) in [5, 5.41) is 13.8. The van der Waals surface area contributed by atoms with Crippen molar-refractivity contribution in [2.75, 3.05) is 7.11 Å². The van der Waals surface area contributed by atoms with Gasteiger partial charge in [0, 0.05) is 12.1 Å². The molecule has 0 aliphatic heterocycles. The van der Waals surface area contributed by atoms with Crippen LogP contribution in [-0.2, 0) is 16.0 Å². The van der Waals surface area contributed by atoms with Crippen LogP contribution in [0.5, 0.6) is 0 Å². The lowest BCUT2D eigenvalue weighted by atomic mass is 9.98. The van der Waals surface area contributed by atoms with E-state index >= 15 is 0 Å². The lowest BCUT2D eigenvalue weighted by molar-refractivity contribution is -0.142.